The largest absolute Gasteiger partial charge is 0.477 e. The van der Waals surface area contributed by atoms with Crippen LogP contribution in [0.4, 0.5) is 0 Å². The lowest BCUT2D eigenvalue weighted by atomic mass is 9.83. The molecule has 21 heavy (non-hydrogen) atoms. The third kappa shape index (κ3) is 3.19. The van der Waals surface area contributed by atoms with Gasteiger partial charge in [-0.25, -0.2) is 13.2 Å². The molecule has 0 saturated carbocycles. The van der Waals surface area contributed by atoms with Crippen LogP contribution in [0.5, 0.6) is 0 Å². The van der Waals surface area contributed by atoms with Gasteiger partial charge in [-0.05, 0) is 17.9 Å². The second-order valence-corrected chi connectivity index (χ2v) is 8.08. The lowest BCUT2D eigenvalue weighted by molar-refractivity contribution is 0.0691. The fraction of sp³-hybridized carbons (Fsp3) is 0.500. The maximum absolute atomic E-state index is 12.5. The number of aromatic amines is 1. The van der Waals surface area contributed by atoms with Gasteiger partial charge in [0.2, 0.25) is 10.0 Å². The van der Waals surface area contributed by atoms with E-state index in [1.165, 1.54) is 16.1 Å². The number of aromatic carboxylic acids is 1. The number of nitrogens with one attached hydrogen (secondary N) is 1. The zero-order chi connectivity index (χ0) is 15.8. The maximum atomic E-state index is 12.5. The van der Waals surface area contributed by atoms with Crippen LogP contribution in [0.15, 0.2) is 28.8 Å². The molecule has 0 saturated heterocycles. The first-order valence-corrected chi connectivity index (χ1v) is 8.18. The maximum Gasteiger partial charge on any atom is 0.352 e. The van der Waals surface area contributed by atoms with Gasteiger partial charge in [-0.2, -0.15) is 4.31 Å². The van der Waals surface area contributed by atoms with Crippen LogP contribution in [0.1, 0.15) is 37.7 Å². The summed E-state index contributed by atoms with van der Waals surface area (Å²) in [6, 6.07) is 1.15. The molecule has 6 nitrogen and oxygen atoms in total. The fourth-order valence-corrected chi connectivity index (χ4v) is 3.72. The molecule has 0 aliphatic carbocycles. The molecular formula is C14H20N2O4S. The summed E-state index contributed by atoms with van der Waals surface area (Å²) in [5.41, 5.74) is 1.16. The van der Waals surface area contributed by atoms with Crippen molar-refractivity contribution in [2.24, 2.45) is 5.41 Å². The van der Waals surface area contributed by atoms with E-state index in [9.17, 15) is 13.2 Å². The van der Waals surface area contributed by atoms with Gasteiger partial charge >= 0.3 is 5.97 Å². The van der Waals surface area contributed by atoms with Crippen molar-refractivity contribution in [3.8, 4) is 0 Å². The van der Waals surface area contributed by atoms with Crippen molar-refractivity contribution in [3.63, 3.8) is 0 Å². The van der Waals surface area contributed by atoms with Crippen molar-refractivity contribution in [3.05, 3.63) is 29.6 Å². The first kappa shape index (κ1) is 15.8. The summed E-state index contributed by atoms with van der Waals surface area (Å²) >= 11 is 0. The molecule has 1 aromatic heterocycles. The second kappa shape index (κ2) is 5.31. The van der Waals surface area contributed by atoms with Crippen LogP contribution in [0.2, 0.25) is 0 Å². The number of nitrogens with zero attached hydrogens (tertiary/aromatic N) is 1. The Bertz CT molecular complexity index is 680. The molecule has 2 rings (SSSR count). The summed E-state index contributed by atoms with van der Waals surface area (Å²) < 4.78 is 26.3. The Hall–Kier alpha value is -1.60. The molecule has 1 aliphatic heterocycles. The zero-order valence-corrected chi connectivity index (χ0v) is 13.2. The third-order valence-corrected chi connectivity index (χ3v) is 5.50. The van der Waals surface area contributed by atoms with Gasteiger partial charge in [0.05, 0.1) is 0 Å². The predicted molar refractivity (Wildman–Crippen MR) is 78.7 cm³/mol. The number of carbonyl (C=O) groups is 1. The van der Waals surface area contributed by atoms with E-state index in [0.717, 1.165) is 6.07 Å². The Kier molecular flexibility index (Phi) is 3.99. The monoisotopic (exact) mass is 312 g/mol. The molecule has 7 heteroatoms. The highest BCUT2D eigenvalue weighted by molar-refractivity contribution is 7.89. The van der Waals surface area contributed by atoms with E-state index in [2.05, 4.69) is 25.8 Å². The van der Waals surface area contributed by atoms with Crippen molar-refractivity contribution in [1.82, 2.24) is 9.29 Å². The Morgan fingerprint density at radius 3 is 2.48 bits per heavy atom. The molecule has 2 heterocycles. The van der Waals surface area contributed by atoms with E-state index in [4.69, 9.17) is 5.11 Å². The Morgan fingerprint density at radius 1 is 1.38 bits per heavy atom. The molecule has 0 aromatic carbocycles. The molecule has 0 bridgehead atoms. The summed E-state index contributed by atoms with van der Waals surface area (Å²) in [5, 5.41) is 8.85. The lowest BCUT2D eigenvalue weighted by Gasteiger charge is -2.31. The summed E-state index contributed by atoms with van der Waals surface area (Å²) in [6.07, 6.45) is 3.87. The first-order chi connectivity index (χ1) is 9.62. The number of sulfonamides is 1. The van der Waals surface area contributed by atoms with Crippen molar-refractivity contribution in [2.75, 3.05) is 13.1 Å². The molecule has 0 radical (unpaired) electrons. The molecule has 0 amide bonds. The number of aromatic nitrogens is 1. The molecule has 116 valence electrons. The van der Waals surface area contributed by atoms with Crippen molar-refractivity contribution >= 4 is 16.0 Å². The fourth-order valence-electron chi connectivity index (χ4n) is 2.35. The van der Waals surface area contributed by atoms with E-state index < -0.39 is 16.0 Å². The van der Waals surface area contributed by atoms with Gasteiger partial charge in [0.15, 0.2) is 0 Å². The van der Waals surface area contributed by atoms with Gasteiger partial charge in [0, 0.05) is 19.3 Å². The summed E-state index contributed by atoms with van der Waals surface area (Å²) in [5.74, 6) is -1.18. The van der Waals surface area contributed by atoms with Gasteiger partial charge in [0.1, 0.15) is 10.6 Å². The highest BCUT2D eigenvalue weighted by atomic mass is 32.2. The SMILES string of the molecule is CC(C)(C)C1=CCN(S(=O)(=O)c2c[nH]c(C(=O)O)c2)CC1. The van der Waals surface area contributed by atoms with Crippen LogP contribution in [0.3, 0.4) is 0 Å². The summed E-state index contributed by atoms with van der Waals surface area (Å²) in [7, 11) is -3.65. The highest BCUT2D eigenvalue weighted by Crippen LogP contribution is 2.31. The van der Waals surface area contributed by atoms with Crippen LogP contribution in [-0.2, 0) is 10.0 Å². The number of carboxylic acid groups (broad SMARTS) is 1. The van der Waals surface area contributed by atoms with Crippen molar-refractivity contribution < 1.29 is 18.3 Å². The molecule has 1 aromatic rings. The third-order valence-electron chi connectivity index (χ3n) is 3.66. The van der Waals surface area contributed by atoms with Gasteiger partial charge in [0.25, 0.3) is 0 Å². The highest BCUT2D eigenvalue weighted by Gasteiger charge is 2.30. The Labute approximate surface area is 124 Å². The normalized spacial score (nSPS) is 17.6. The number of carboxylic acids is 1. The van der Waals surface area contributed by atoms with Crippen LogP contribution in [0, 0.1) is 5.41 Å². The lowest BCUT2D eigenvalue weighted by Crippen LogP contribution is -2.36. The average Bonchev–Trinajstić information content (AvgIpc) is 2.88. The van der Waals surface area contributed by atoms with Gasteiger partial charge in [-0.3, -0.25) is 0 Å². The van der Waals surface area contributed by atoms with Gasteiger partial charge in [-0.15, -0.1) is 0 Å². The topological polar surface area (TPSA) is 90.5 Å². The van der Waals surface area contributed by atoms with Crippen LogP contribution < -0.4 is 0 Å². The number of H-pyrrole nitrogens is 1. The van der Waals surface area contributed by atoms with E-state index in [-0.39, 0.29) is 16.0 Å². The predicted octanol–water partition coefficient (Wildman–Crippen LogP) is 2.08. The number of hydrogen-bond acceptors (Lipinski definition) is 3. The molecule has 2 N–H and O–H groups in total. The molecule has 0 spiro atoms. The van der Waals surface area contributed by atoms with Gasteiger partial charge in [-0.1, -0.05) is 32.4 Å². The van der Waals surface area contributed by atoms with Crippen LogP contribution in [0.25, 0.3) is 0 Å². The van der Waals surface area contributed by atoms with E-state index in [1.54, 1.807) is 0 Å². The minimum atomic E-state index is -3.65. The summed E-state index contributed by atoms with van der Waals surface area (Å²) in [4.78, 5) is 13.3. The van der Waals surface area contributed by atoms with Crippen LogP contribution in [-0.4, -0.2) is 41.9 Å². The molecule has 0 unspecified atom stereocenters. The molecular weight excluding hydrogens is 292 g/mol. The zero-order valence-electron chi connectivity index (χ0n) is 12.4. The second-order valence-electron chi connectivity index (χ2n) is 6.15. The number of hydrogen-bond donors (Lipinski definition) is 2. The van der Waals surface area contributed by atoms with Crippen LogP contribution >= 0.6 is 0 Å². The molecule has 1 aliphatic rings. The smallest absolute Gasteiger partial charge is 0.352 e. The average molecular weight is 312 g/mol. The molecule has 0 atom stereocenters. The summed E-state index contributed by atoms with van der Waals surface area (Å²) in [6.45, 7) is 7.05. The van der Waals surface area contributed by atoms with E-state index >= 15 is 0 Å². The minimum Gasteiger partial charge on any atom is -0.477 e. The minimum absolute atomic E-state index is 0.00694. The first-order valence-electron chi connectivity index (χ1n) is 6.74. The Balaban J connectivity index is 2.22. The molecule has 0 fully saturated rings. The van der Waals surface area contributed by atoms with Crippen molar-refractivity contribution in [2.45, 2.75) is 32.1 Å². The van der Waals surface area contributed by atoms with E-state index in [1.807, 2.05) is 6.08 Å². The standard InChI is InChI=1S/C14H20N2O4S/c1-14(2,3)10-4-6-16(7-5-10)21(19,20)11-8-12(13(17)18)15-9-11/h4,8-9,15H,5-7H2,1-3H3,(H,17,18). The number of rotatable bonds is 3. The van der Waals surface area contributed by atoms with Gasteiger partial charge < -0.3 is 10.1 Å². The van der Waals surface area contributed by atoms with Crippen molar-refractivity contribution in [1.29, 1.82) is 0 Å². The Morgan fingerprint density at radius 2 is 2.05 bits per heavy atom. The van der Waals surface area contributed by atoms with E-state index in [0.29, 0.717) is 19.5 Å². The quantitative estimate of drug-likeness (QED) is 0.836.